The summed E-state index contributed by atoms with van der Waals surface area (Å²) in [6.07, 6.45) is 0. The largest absolute Gasteiger partial charge is 0.452 e. The normalized spacial score (nSPS) is 10.8. The minimum Gasteiger partial charge on any atom is -0.452 e. The van der Waals surface area contributed by atoms with Gasteiger partial charge in [0, 0.05) is 6.07 Å². The number of rotatable bonds is 5. The van der Waals surface area contributed by atoms with Crippen molar-refractivity contribution in [2.45, 2.75) is 20.8 Å². The number of anilines is 1. The molecule has 0 aliphatic heterocycles. The summed E-state index contributed by atoms with van der Waals surface area (Å²) in [5, 5.41) is 7.14. The van der Waals surface area contributed by atoms with Gasteiger partial charge in [0.25, 0.3) is 5.91 Å². The molecule has 2 aromatic heterocycles. The van der Waals surface area contributed by atoms with Crippen LogP contribution in [0, 0.1) is 20.8 Å². The van der Waals surface area contributed by atoms with Crippen molar-refractivity contribution in [3.05, 3.63) is 77.2 Å². The fraction of sp³-hybridized carbons (Fsp3) is 0.174. The van der Waals surface area contributed by atoms with Crippen molar-refractivity contribution in [1.82, 2.24) is 19.7 Å². The smallest absolute Gasteiger partial charge is 0.338 e. The third-order valence-electron chi connectivity index (χ3n) is 4.75. The van der Waals surface area contributed by atoms with Crippen LogP contribution < -0.4 is 5.32 Å². The van der Waals surface area contributed by atoms with E-state index < -0.39 is 18.5 Å². The monoisotopic (exact) mass is 415 g/mol. The van der Waals surface area contributed by atoms with Gasteiger partial charge < -0.3 is 10.1 Å². The van der Waals surface area contributed by atoms with E-state index in [1.165, 1.54) is 0 Å². The molecular formula is C23H21N5O3. The number of hydrogen-bond donors (Lipinski definition) is 1. The number of esters is 1. The highest BCUT2D eigenvalue weighted by molar-refractivity contribution is 5.97. The molecule has 2 heterocycles. The van der Waals surface area contributed by atoms with Gasteiger partial charge in [-0.25, -0.2) is 19.4 Å². The molecule has 31 heavy (non-hydrogen) atoms. The maximum Gasteiger partial charge on any atom is 0.338 e. The number of nitrogens with zero attached hydrogens (tertiary/aromatic N) is 4. The molecule has 2 aromatic carbocycles. The van der Waals surface area contributed by atoms with Gasteiger partial charge in [0.05, 0.1) is 39.4 Å². The molecule has 0 fully saturated rings. The first-order chi connectivity index (χ1) is 14.9. The van der Waals surface area contributed by atoms with Gasteiger partial charge in [0.1, 0.15) is 5.82 Å². The maximum atomic E-state index is 12.4. The molecule has 8 nitrogen and oxygen atoms in total. The summed E-state index contributed by atoms with van der Waals surface area (Å²) in [6, 6.07) is 16.1. The highest BCUT2D eigenvalue weighted by Gasteiger charge is 2.15. The highest BCUT2D eigenvalue weighted by atomic mass is 16.5. The number of carbonyl (C=O) groups is 2. The Morgan fingerprint density at radius 2 is 1.65 bits per heavy atom. The number of hydrogen-bond acceptors (Lipinski definition) is 6. The number of carbonyl (C=O) groups excluding carboxylic acids is 2. The lowest BCUT2D eigenvalue weighted by Gasteiger charge is -2.09. The predicted molar refractivity (Wildman–Crippen MR) is 116 cm³/mol. The fourth-order valence-corrected chi connectivity index (χ4v) is 3.11. The molecule has 0 saturated carbocycles. The first-order valence-corrected chi connectivity index (χ1v) is 9.75. The molecule has 0 unspecified atom stereocenters. The van der Waals surface area contributed by atoms with Crippen LogP contribution in [-0.2, 0) is 9.53 Å². The summed E-state index contributed by atoms with van der Waals surface area (Å²) < 4.78 is 6.81. The topological polar surface area (TPSA) is 99.0 Å². The second-order valence-corrected chi connectivity index (χ2v) is 7.14. The summed E-state index contributed by atoms with van der Waals surface area (Å²) in [6.45, 7) is 5.15. The zero-order valence-electron chi connectivity index (χ0n) is 17.4. The van der Waals surface area contributed by atoms with Crippen molar-refractivity contribution in [1.29, 1.82) is 0 Å². The highest BCUT2D eigenvalue weighted by Crippen LogP contribution is 2.17. The lowest BCUT2D eigenvalue weighted by atomic mass is 10.2. The molecule has 0 spiro atoms. The first kappa shape index (κ1) is 20.2. The molecule has 156 valence electrons. The second kappa shape index (κ2) is 8.35. The number of amides is 1. The zero-order valence-corrected chi connectivity index (χ0v) is 17.4. The van der Waals surface area contributed by atoms with Crippen LogP contribution in [-0.4, -0.2) is 38.2 Å². The Morgan fingerprint density at radius 3 is 2.39 bits per heavy atom. The lowest BCUT2D eigenvalue weighted by Crippen LogP contribution is -2.22. The van der Waals surface area contributed by atoms with Gasteiger partial charge in [-0.15, -0.1) is 0 Å². The molecule has 0 radical (unpaired) electrons. The molecule has 0 atom stereocenters. The van der Waals surface area contributed by atoms with E-state index in [4.69, 9.17) is 4.74 Å². The molecule has 8 heteroatoms. The Bertz CT molecular complexity index is 1280. The van der Waals surface area contributed by atoms with Gasteiger partial charge >= 0.3 is 5.97 Å². The number of nitrogens with one attached hydrogen (secondary N) is 1. The van der Waals surface area contributed by atoms with Gasteiger partial charge in [0.2, 0.25) is 0 Å². The molecule has 0 aliphatic carbocycles. The van der Waals surface area contributed by atoms with E-state index in [2.05, 4.69) is 20.4 Å². The van der Waals surface area contributed by atoms with E-state index in [0.717, 1.165) is 22.8 Å². The number of ether oxygens (including phenoxy) is 1. The summed E-state index contributed by atoms with van der Waals surface area (Å²) in [5.41, 5.74) is 4.80. The summed E-state index contributed by atoms with van der Waals surface area (Å²) in [4.78, 5) is 33.7. The van der Waals surface area contributed by atoms with E-state index in [1.54, 1.807) is 28.9 Å². The Hall–Kier alpha value is -4.07. The predicted octanol–water partition coefficient (Wildman–Crippen LogP) is 3.54. The van der Waals surface area contributed by atoms with Gasteiger partial charge in [0.15, 0.2) is 6.61 Å². The van der Waals surface area contributed by atoms with Crippen LogP contribution in [0.3, 0.4) is 0 Å². The van der Waals surface area contributed by atoms with Crippen LogP contribution in [0.2, 0.25) is 0 Å². The van der Waals surface area contributed by atoms with Crippen LogP contribution in [0.1, 0.15) is 27.4 Å². The van der Waals surface area contributed by atoms with Crippen molar-refractivity contribution < 1.29 is 14.3 Å². The van der Waals surface area contributed by atoms with Gasteiger partial charge in [-0.05, 0) is 51.1 Å². The minimum atomic E-state index is -0.607. The number of aryl methyl sites for hydroxylation is 3. The summed E-state index contributed by atoms with van der Waals surface area (Å²) in [7, 11) is 0. The van der Waals surface area contributed by atoms with Crippen molar-refractivity contribution in [2.24, 2.45) is 0 Å². The lowest BCUT2D eigenvalue weighted by molar-refractivity contribution is -0.119. The quantitative estimate of drug-likeness (QED) is 0.501. The third-order valence-corrected chi connectivity index (χ3v) is 4.75. The van der Waals surface area contributed by atoms with E-state index >= 15 is 0 Å². The number of fused-ring (bicyclic) bond motifs is 1. The molecule has 1 N–H and O–H groups in total. The molecule has 4 rings (SSSR count). The number of benzene rings is 2. The van der Waals surface area contributed by atoms with Gasteiger partial charge in [-0.3, -0.25) is 4.79 Å². The molecule has 1 amide bonds. The Labute approximate surface area is 178 Å². The van der Waals surface area contributed by atoms with Crippen molar-refractivity contribution in [3.63, 3.8) is 0 Å². The Kier molecular flexibility index (Phi) is 5.44. The standard InChI is InChI=1S/C23H21N5O3/c1-14-11-21(28(27-14)18-7-5-4-6-8-18)26-22(29)13-31-23(30)17-9-10-19-20(12-17)25-16(3)15(2)24-19/h4-12H,13H2,1-3H3,(H,26,29). The second-order valence-electron chi connectivity index (χ2n) is 7.14. The average Bonchev–Trinajstić information content (AvgIpc) is 3.13. The average molecular weight is 415 g/mol. The minimum absolute atomic E-state index is 0.308. The first-order valence-electron chi connectivity index (χ1n) is 9.75. The fourth-order valence-electron chi connectivity index (χ4n) is 3.11. The van der Waals surface area contributed by atoms with Gasteiger partial charge in [-0.2, -0.15) is 5.10 Å². The van der Waals surface area contributed by atoms with E-state index in [-0.39, 0.29) is 0 Å². The SMILES string of the molecule is Cc1cc(NC(=O)COC(=O)c2ccc3nc(C)c(C)nc3c2)n(-c2ccccc2)n1. The molecule has 0 saturated heterocycles. The van der Waals surface area contributed by atoms with Crippen LogP contribution in [0.15, 0.2) is 54.6 Å². The maximum absolute atomic E-state index is 12.4. The summed E-state index contributed by atoms with van der Waals surface area (Å²) >= 11 is 0. The van der Waals surface area contributed by atoms with Crippen LogP contribution in [0.25, 0.3) is 16.7 Å². The van der Waals surface area contributed by atoms with Crippen LogP contribution in [0.5, 0.6) is 0 Å². The van der Waals surface area contributed by atoms with Crippen molar-refractivity contribution in [3.8, 4) is 5.69 Å². The van der Waals surface area contributed by atoms with Crippen molar-refractivity contribution in [2.75, 3.05) is 11.9 Å². The van der Waals surface area contributed by atoms with Crippen LogP contribution >= 0.6 is 0 Å². The number of aromatic nitrogens is 4. The van der Waals surface area contributed by atoms with E-state index in [0.29, 0.717) is 22.4 Å². The number of para-hydroxylation sites is 1. The Morgan fingerprint density at radius 1 is 0.935 bits per heavy atom. The van der Waals surface area contributed by atoms with E-state index in [9.17, 15) is 9.59 Å². The van der Waals surface area contributed by atoms with Gasteiger partial charge in [-0.1, -0.05) is 18.2 Å². The molecule has 0 aliphatic rings. The molecular weight excluding hydrogens is 394 g/mol. The van der Waals surface area contributed by atoms with E-state index in [1.807, 2.05) is 51.1 Å². The van der Waals surface area contributed by atoms with Crippen molar-refractivity contribution >= 4 is 28.7 Å². The van der Waals surface area contributed by atoms with Crippen LogP contribution in [0.4, 0.5) is 5.82 Å². The third kappa shape index (κ3) is 4.42. The zero-order chi connectivity index (χ0) is 22.0. The summed E-state index contributed by atoms with van der Waals surface area (Å²) in [5.74, 6) is -0.570. The molecule has 0 bridgehead atoms. The Balaban J connectivity index is 1.43. The molecule has 4 aromatic rings.